The van der Waals surface area contributed by atoms with E-state index in [1.54, 1.807) is 24.3 Å². The Morgan fingerprint density at radius 3 is 1.50 bits per heavy atom. The summed E-state index contributed by atoms with van der Waals surface area (Å²) < 4.78 is 75.4. The normalized spacial score (nSPS) is 11.8. The molecule has 15 nitrogen and oxygen atoms in total. The van der Waals surface area contributed by atoms with Gasteiger partial charge in [0.15, 0.2) is 9.95 Å². The van der Waals surface area contributed by atoms with Crippen molar-refractivity contribution >= 4 is 59.1 Å². The molecule has 6 rings (SSSR count). The van der Waals surface area contributed by atoms with Gasteiger partial charge in [0.1, 0.15) is 27.9 Å². The van der Waals surface area contributed by atoms with Gasteiger partial charge in [0.05, 0.1) is 6.61 Å². The number of fused-ring (bicyclic) bond motifs is 2. The first kappa shape index (κ1) is 40.9. The Balaban J connectivity index is 1.28. The average molecular weight is 823 g/mol. The number of rotatable bonds is 15. The molecule has 6 aromatic rings. The van der Waals surface area contributed by atoms with Crippen molar-refractivity contribution in [2.24, 2.45) is 0 Å². The summed E-state index contributed by atoms with van der Waals surface area (Å²) in [7, 11) is -8.93. The summed E-state index contributed by atoms with van der Waals surface area (Å²) in [5, 5.41) is 43.8. The van der Waals surface area contributed by atoms with Crippen molar-refractivity contribution in [1.82, 2.24) is 0 Å². The van der Waals surface area contributed by atoms with Crippen LogP contribution in [0.4, 0.5) is 11.4 Å². The second-order valence-electron chi connectivity index (χ2n) is 13.1. The molecular weight excluding hydrogens is 789 g/mol. The maximum atomic E-state index is 13.5. The molecule has 17 heteroatoms. The van der Waals surface area contributed by atoms with Crippen molar-refractivity contribution in [1.29, 1.82) is 10.8 Å². The molecule has 0 saturated heterocycles. The summed E-state index contributed by atoms with van der Waals surface area (Å²) in [5.41, 5.74) is -0.146. The predicted octanol–water partition coefficient (Wildman–Crippen LogP) is 7.31. The second-order valence-corrected chi connectivity index (χ2v) is 16.1. The van der Waals surface area contributed by atoms with Gasteiger partial charge < -0.3 is 28.1 Å². The van der Waals surface area contributed by atoms with Crippen LogP contribution >= 0.6 is 0 Å². The van der Waals surface area contributed by atoms with Gasteiger partial charge in [-0.2, -0.15) is 16.8 Å². The maximum absolute atomic E-state index is 13.5. The van der Waals surface area contributed by atoms with E-state index in [1.165, 1.54) is 84.9 Å². The highest BCUT2D eigenvalue weighted by atomic mass is 32.2. The smallest absolute Gasteiger partial charge is 0.378 e. The SMILES string of the molecule is CCOCCOC(=O)CCC(C)(c1ccc(OS(=O)(=O)c2cccc3c([O-])c([N+]#N)ccc23)cc1)c1ccc(OS(=O)(=O)c2cccc3c([O-])c([N+]#N)ccc23)cc1. The van der Waals surface area contributed by atoms with Gasteiger partial charge in [-0.3, -0.25) is 4.79 Å². The molecule has 296 valence electrons. The number of benzene rings is 6. The van der Waals surface area contributed by atoms with Crippen molar-refractivity contribution in [3.05, 3.63) is 130 Å². The molecule has 0 N–H and O–H groups in total. The predicted molar refractivity (Wildman–Crippen MR) is 208 cm³/mol. The van der Waals surface area contributed by atoms with Crippen LogP contribution in [-0.4, -0.2) is 42.6 Å². The zero-order valence-electron chi connectivity index (χ0n) is 31.0. The van der Waals surface area contributed by atoms with Gasteiger partial charge in [-0.25, -0.2) is 0 Å². The number of carbonyl (C=O) groups is 1. The average Bonchev–Trinajstić information content (AvgIpc) is 3.22. The van der Waals surface area contributed by atoms with E-state index < -0.39 is 43.1 Å². The van der Waals surface area contributed by atoms with E-state index in [4.69, 9.17) is 28.6 Å². The highest BCUT2D eigenvalue weighted by molar-refractivity contribution is 7.87. The molecule has 0 unspecified atom stereocenters. The third kappa shape index (κ3) is 8.33. The molecule has 0 spiro atoms. The van der Waals surface area contributed by atoms with E-state index in [0.717, 1.165) is 0 Å². The van der Waals surface area contributed by atoms with Crippen molar-refractivity contribution in [2.75, 3.05) is 19.8 Å². The lowest BCUT2D eigenvalue weighted by molar-refractivity contribution is -0.265. The van der Waals surface area contributed by atoms with Gasteiger partial charge in [0, 0.05) is 41.3 Å². The second kappa shape index (κ2) is 16.7. The molecule has 0 radical (unpaired) electrons. The van der Waals surface area contributed by atoms with Crippen LogP contribution < -0.4 is 18.6 Å². The third-order valence-corrected chi connectivity index (χ3v) is 12.2. The molecule has 58 heavy (non-hydrogen) atoms. The first-order valence-electron chi connectivity index (χ1n) is 17.7. The molecule has 0 aliphatic rings. The molecule has 0 amide bonds. The van der Waals surface area contributed by atoms with Crippen molar-refractivity contribution in [2.45, 2.75) is 41.9 Å². The molecule has 0 fully saturated rings. The minimum atomic E-state index is -4.47. The summed E-state index contributed by atoms with van der Waals surface area (Å²) >= 11 is 0. The molecule has 0 aliphatic carbocycles. The van der Waals surface area contributed by atoms with Gasteiger partial charge in [-0.1, -0.05) is 55.5 Å². The first-order chi connectivity index (χ1) is 27.7. The Labute approximate surface area is 333 Å². The van der Waals surface area contributed by atoms with Crippen LogP contribution in [0.1, 0.15) is 37.8 Å². The van der Waals surface area contributed by atoms with Crippen molar-refractivity contribution < 1.29 is 49.7 Å². The zero-order valence-corrected chi connectivity index (χ0v) is 32.7. The van der Waals surface area contributed by atoms with E-state index in [1.807, 2.05) is 13.8 Å². The van der Waals surface area contributed by atoms with Crippen LogP contribution in [0.25, 0.3) is 31.5 Å². The Hall–Kier alpha value is -6.79. The quantitative estimate of drug-likeness (QED) is 0.0429. The van der Waals surface area contributed by atoms with E-state index in [0.29, 0.717) is 17.7 Å². The van der Waals surface area contributed by atoms with Crippen LogP contribution in [0.5, 0.6) is 23.0 Å². The number of esters is 1. The van der Waals surface area contributed by atoms with E-state index in [2.05, 4.69) is 9.95 Å². The fraction of sp³-hybridized carbons (Fsp3) is 0.195. The number of ether oxygens (including phenoxy) is 2. The topological polar surface area (TPSA) is 225 Å². The monoisotopic (exact) mass is 822 g/mol. The Bertz CT molecular complexity index is 2660. The van der Waals surface area contributed by atoms with Crippen molar-refractivity contribution in [3.63, 3.8) is 0 Å². The number of diazo groups is 2. The van der Waals surface area contributed by atoms with E-state index in [-0.39, 0.29) is 80.3 Å². The van der Waals surface area contributed by atoms with Gasteiger partial charge in [-0.15, -0.1) is 0 Å². The minimum absolute atomic E-state index is 0.0238. The standard InChI is InChI=1S/C41H34N4O11S2/c1-3-53-24-25-54-38(46)22-23-41(2,26-10-14-28(15-11-26)55-57(49,50)36-8-4-6-32-30(36)18-20-34(44-42)39(32)47)27-12-16-29(17-13-27)56-58(51,52)37-9-5-7-33-31(37)19-21-35(45-43)40(33)48/h4-21H,3,22-25H2,1-2H3. The highest BCUT2D eigenvalue weighted by Gasteiger charge is 2.31. The lowest BCUT2D eigenvalue weighted by Gasteiger charge is -2.31. The number of carbonyl (C=O) groups excluding carboxylic acids is 1. The van der Waals surface area contributed by atoms with E-state index >= 15 is 0 Å². The molecule has 0 heterocycles. The lowest BCUT2D eigenvalue weighted by atomic mass is 9.73. The summed E-state index contributed by atoms with van der Waals surface area (Å²) in [6.07, 6.45) is 0.187. The molecule has 0 aliphatic heterocycles. The number of hydrogen-bond acceptors (Lipinski definition) is 13. The number of hydrogen-bond donors (Lipinski definition) is 0. The van der Waals surface area contributed by atoms with E-state index in [9.17, 15) is 31.8 Å². The van der Waals surface area contributed by atoms with Crippen LogP contribution in [0, 0.1) is 10.8 Å². The van der Waals surface area contributed by atoms with Gasteiger partial charge >= 0.3 is 37.6 Å². The van der Waals surface area contributed by atoms with Gasteiger partial charge in [-0.05, 0) is 95.3 Å². The largest absolute Gasteiger partial charge is 0.867 e. The molecule has 0 aromatic heterocycles. The summed E-state index contributed by atoms with van der Waals surface area (Å²) in [5.74, 6) is -1.87. The highest BCUT2D eigenvalue weighted by Crippen LogP contribution is 2.40. The zero-order chi connectivity index (χ0) is 41.7. The summed E-state index contributed by atoms with van der Waals surface area (Å²) in [6, 6.07) is 25.6. The molecule has 0 bridgehead atoms. The Morgan fingerprint density at radius 2 is 1.09 bits per heavy atom. The van der Waals surface area contributed by atoms with Crippen molar-refractivity contribution in [3.8, 4) is 23.0 Å². The third-order valence-electron chi connectivity index (χ3n) is 9.58. The number of nitrogens with zero attached hydrogens (tertiary/aromatic N) is 4. The van der Waals surface area contributed by atoms with Crippen LogP contribution in [0.2, 0.25) is 0 Å². The Morgan fingerprint density at radius 1 is 0.638 bits per heavy atom. The fourth-order valence-electron chi connectivity index (χ4n) is 6.51. The van der Waals surface area contributed by atoms with Crippen LogP contribution in [-0.2, 0) is 39.9 Å². The first-order valence-corrected chi connectivity index (χ1v) is 20.5. The molecule has 6 aromatic carbocycles. The minimum Gasteiger partial charge on any atom is -0.867 e. The maximum Gasteiger partial charge on any atom is 0.378 e. The Kier molecular flexibility index (Phi) is 11.8. The summed E-state index contributed by atoms with van der Waals surface area (Å²) in [4.78, 5) is 18.1. The van der Waals surface area contributed by atoms with Crippen LogP contribution in [0.3, 0.4) is 0 Å². The molecule has 0 saturated carbocycles. The van der Waals surface area contributed by atoms with Gasteiger partial charge in [0.25, 0.3) is 0 Å². The van der Waals surface area contributed by atoms with Crippen LogP contribution in [0.15, 0.2) is 119 Å². The van der Waals surface area contributed by atoms with Gasteiger partial charge in [0.2, 0.25) is 10.8 Å². The molecular formula is C41H34N4O11S2. The molecule has 0 atom stereocenters. The fourth-order valence-corrected chi connectivity index (χ4v) is 8.81. The summed E-state index contributed by atoms with van der Waals surface area (Å²) in [6.45, 7) is 4.45. The lowest BCUT2D eigenvalue weighted by Crippen LogP contribution is -2.25.